The highest BCUT2D eigenvalue weighted by atomic mass is 16.5. The maximum absolute atomic E-state index is 11.5. The molecule has 0 aromatic rings. The Balaban J connectivity index is 1.73. The van der Waals surface area contributed by atoms with Gasteiger partial charge in [0.15, 0.2) is 0 Å². The molecule has 2 bridgehead atoms. The van der Waals surface area contributed by atoms with Gasteiger partial charge in [0, 0.05) is 18.4 Å². The lowest BCUT2D eigenvalue weighted by Gasteiger charge is -2.16. The molecule has 0 heterocycles. The third kappa shape index (κ3) is 1.76. The first kappa shape index (κ1) is 9.91. The van der Waals surface area contributed by atoms with Crippen LogP contribution in [-0.4, -0.2) is 19.0 Å². The molecule has 14 heavy (non-hydrogen) atoms. The Labute approximate surface area is 85.3 Å². The maximum Gasteiger partial charge on any atom is 0.146 e. The summed E-state index contributed by atoms with van der Waals surface area (Å²) in [6.45, 7) is 3.78. The highest BCUT2D eigenvalue weighted by Gasteiger charge is 2.43. The van der Waals surface area contributed by atoms with Crippen molar-refractivity contribution >= 4 is 5.78 Å². The van der Waals surface area contributed by atoms with Crippen LogP contribution in [0.1, 0.15) is 26.2 Å². The Bertz CT molecular complexity index is 245. The molecular formula is C12H18O2. The highest BCUT2D eigenvalue weighted by molar-refractivity contribution is 5.91. The van der Waals surface area contributed by atoms with Gasteiger partial charge >= 0.3 is 0 Å². The minimum absolute atomic E-state index is 0.182. The van der Waals surface area contributed by atoms with Crippen LogP contribution in [0.5, 0.6) is 0 Å². The quantitative estimate of drug-likeness (QED) is 0.495. The number of rotatable bonds is 5. The van der Waals surface area contributed by atoms with Crippen molar-refractivity contribution in [3.63, 3.8) is 0 Å². The average Bonchev–Trinajstić information content (AvgIpc) is 2.69. The fourth-order valence-electron chi connectivity index (χ4n) is 2.40. The fourth-order valence-corrected chi connectivity index (χ4v) is 2.40. The van der Waals surface area contributed by atoms with Crippen LogP contribution >= 0.6 is 0 Å². The van der Waals surface area contributed by atoms with Crippen molar-refractivity contribution in [2.45, 2.75) is 26.2 Å². The number of hydrogen-bond donors (Lipinski definition) is 0. The van der Waals surface area contributed by atoms with Crippen molar-refractivity contribution in [2.24, 2.45) is 17.8 Å². The standard InChI is InChI=1S/C12H18O2/c1-2-3-6-14-8-10-7-9-4-5-11(10)12(9)13/h4-5,9-11H,2-3,6-8H2,1H3. The lowest BCUT2D eigenvalue weighted by atomic mass is 9.94. The van der Waals surface area contributed by atoms with Crippen LogP contribution < -0.4 is 0 Å². The summed E-state index contributed by atoms with van der Waals surface area (Å²) in [5.41, 5.74) is 0. The number of carbonyl (C=O) groups is 1. The zero-order valence-corrected chi connectivity index (χ0v) is 8.74. The van der Waals surface area contributed by atoms with Gasteiger partial charge < -0.3 is 4.74 Å². The Morgan fingerprint density at radius 3 is 2.93 bits per heavy atom. The van der Waals surface area contributed by atoms with Gasteiger partial charge in [0.05, 0.1) is 6.61 Å². The Morgan fingerprint density at radius 2 is 2.36 bits per heavy atom. The molecular weight excluding hydrogens is 176 g/mol. The average molecular weight is 194 g/mol. The van der Waals surface area contributed by atoms with Crippen LogP contribution in [0.4, 0.5) is 0 Å². The second kappa shape index (κ2) is 4.26. The first-order valence-electron chi connectivity index (χ1n) is 5.62. The fraction of sp³-hybridized carbons (Fsp3) is 0.750. The largest absolute Gasteiger partial charge is 0.381 e. The van der Waals surface area contributed by atoms with E-state index in [-0.39, 0.29) is 11.8 Å². The normalized spacial score (nSPS) is 34.4. The van der Waals surface area contributed by atoms with E-state index in [0.717, 1.165) is 26.1 Å². The molecule has 78 valence electrons. The predicted molar refractivity (Wildman–Crippen MR) is 55.0 cm³/mol. The molecule has 0 aromatic heterocycles. The van der Waals surface area contributed by atoms with Crippen LogP contribution in [-0.2, 0) is 9.53 Å². The molecule has 2 rings (SSSR count). The number of hydrogen-bond acceptors (Lipinski definition) is 2. The third-order valence-electron chi connectivity index (χ3n) is 3.28. The van der Waals surface area contributed by atoms with Gasteiger partial charge in [0.25, 0.3) is 0 Å². The molecule has 0 spiro atoms. The summed E-state index contributed by atoms with van der Waals surface area (Å²) < 4.78 is 5.57. The molecule has 0 N–H and O–H groups in total. The molecule has 2 heteroatoms. The van der Waals surface area contributed by atoms with Crippen molar-refractivity contribution in [2.75, 3.05) is 13.2 Å². The Kier molecular flexibility index (Phi) is 3.02. The zero-order chi connectivity index (χ0) is 9.97. The Hall–Kier alpha value is -0.630. The number of ether oxygens (including phenoxy) is 1. The van der Waals surface area contributed by atoms with Crippen LogP contribution in [0.25, 0.3) is 0 Å². The van der Waals surface area contributed by atoms with E-state index in [0.29, 0.717) is 11.7 Å². The SMILES string of the molecule is CCCCOCC1CC2C=CC1C2=O. The molecule has 0 aliphatic heterocycles. The second-order valence-corrected chi connectivity index (χ2v) is 4.34. The lowest BCUT2D eigenvalue weighted by molar-refractivity contribution is -0.121. The van der Waals surface area contributed by atoms with E-state index < -0.39 is 0 Å². The molecule has 2 nitrogen and oxygen atoms in total. The van der Waals surface area contributed by atoms with Gasteiger partial charge in [-0.25, -0.2) is 0 Å². The van der Waals surface area contributed by atoms with E-state index >= 15 is 0 Å². The minimum atomic E-state index is 0.182. The molecule has 0 radical (unpaired) electrons. The van der Waals surface area contributed by atoms with Crippen molar-refractivity contribution < 1.29 is 9.53 Å². The number of carbonyl (C=O) groups excluding carboxylic acids is 1. The number of unbranched alkanes of at least 4 members (excludes halogenated alkanes) is 1. The summed E-state index contributed by atoms with van der Waals surface area (Å²) >= 11 is 0. The molecule has 2 aliphatic rings. The molecule has 0 aromatic carbocycles. The van der Waals surface area contributed by atoms with E-state index in [1.54, 1.807) is 0 Å². The summed E-state index contributed by atoms with van der Waals surface area (Å²) in [5, 5.41) is 0. The van der Waals surface area contributed by atoms with Gasteiger partial charge in [-0.2, -0.15) is 0 Å². The van der Waals surface area contributed by atoms with Gasteiger partial charge in [-0.1, -0.05) is 25.5 Å². The van der Waals surface area contributed by atoms with Crippen molar-refractivity contribution in [1.82, 2.24) is 0 Å². The predicted octanol–water partition coefficient (Wildman–Crippen LogP) is 2.19. The summed E-state index contributed by atoms with van der Waals surface area (Å²) in [7, 11) is 0. The van der Waals surface area contributed by atoms with Crippen molar-refractivity contribution in [1.29, 1.82) is 0 Å². The van der Waals surface area contributed by atoms with E-state index in [2.05, 4.69) is 19.1 Å². The van der Waals surface area contributed by atoms with E-state index in [4.69, 9.17) is 4.74 Å². The number of Topliss-reactive ketones (excluding diaryl/α,β-unsaturated/α-hetero) is 1. The van der Waals surface area contributed by atoms with Gasteiger partial charge in [0.1, 0.15) is 5.78 Å². The zero-order valence-electron chi connectivity index (χ0n) is 8.74. The van der Waals surface area contributed by atoms with Crippen LogP contribution in [0.3, 0.4) is 0 Å². The molecule has 3 atom stereocenters. The number of fused-ring (bicyclic) bond motifs is 2. The first-order chi connectivity index (χ1) is 6.83. The van der Waals surface area contributed by atoms with E-state index in [9.17, 15) is 4.79 Å². The van der Waals surface area contributed by atoms with Gasteiger partial charge in [-0.3, -0.25) is 4.79 Å². The summed E-state index contributed by atoms with van der Waals surface area (Å²) in [5.74, 6) is 1.30. The molecule has 2 aliphatic carbocycles. The molecule has 3 unspecified atom stereocenters. The second-order valence-electron chi connectivity index (χ2n) is 4.34. The smallest absolute Gasteiger partial charge is 0.146 e. The molecule has 0 saturated heterocycles. The maximum atomic E-state index is 11.5. The molecule has 1 saturated carbocycles. The summed E-state index contributed by atoms with van der Waals surface area (Å²) in [6.07, 6.45) is 7.46. The topological polar surface area (TPSA) is 26.3 Å². The monoisotopic (exact) mass is 194 g/mol. The summed E-state index contributed by atoms with van der Waals surface area (Å²) in [4.78, 5) is 11.5. The molecule has 1 fully saturated rings. The first-order valence-corrected chi connectivity index (χ1v) is 5.62. The minimum Gasteiger partial charge on any atom is -0.381 e. The van der Waals surface area contributed by atoms with Crippen LogP contribution in [0.15, 0.2) is 12.2 Å². The van der Waals surface area contributed by atoms with Crippen LogP contribution in [0.2, 0.25) is 0 Å². The van der Waals surface area contributed by atoms with Gasteiger partial charge in [0.2, 0.25) is 0 Å². The van der Waals surface area contributed by atoms with Gasteiger partial charge in [-0.05, 0) is 18.8 Å². The summed E-state index contributed by atoms with van der Waals surface area (Å²) in [6, 6.07) is 0. The van der Waals surface area contributed by atoms with Crippen LogP contribution in [0, 0.1) is 17.8 Å². The van der Waals surface area contributed by atoms with Crippen molar-refractivity contribution in [3.05, 3.63) is 12.2 Å². The Morgan fingerprint density at radius 1 is 1.50 bits per heavy atom. The van der Waals surface area contributed by atoms with Crippen molar-refractivity contribution in [3.8, 4) is 0 Å². The molecule has 0 amide bonds. The number of ketones is 1. The lowest BCUT2D eigenvalue weighted by Crippen LogP contribution is -2.16. The van der Waals surface area contributed by atoms with E-state index in [1.165, 1.54) is 6.42 Å². The van der Waals surface area contributed by atoms with E-state index in [1.807, 2.05) is 0 Å². The number of allylic oxidation sites excluding steroid dienone is 2. The highest BCUT2D eigenvalue weighted by Crippen LogP contribution is 2.40. The third-order valence-corrected chi connectivity index (χ3v) is 3.28. The van der Waals surface area contributed by atoms with Gasteiger partial charge in [-0.15, -0.1) is 0 Å².